The zero-order valence-corrected chi connectivity index (χ0v) is 20.4. The number of benzene rings is 2. The summed E-state index contributed by atoms with van der Waals surface area (Å²) in [4.78, 5) is 41.1. The number of hydrogen-bond donors (Lipinski definition) is 1. The molecule has 3 amide bonds. The summed E-state index contributed by atoms with van der Waals surface area (Å²) in [6.07, 6.45) is 1.10. The molecule has 35 heavy (non-hydrogen) atoms. The molecule has 1 heterocycles. The first-order chi connectivity index (χ1) is 16.7. The summed E-state index contributed by atoms with van der Waals surface area (Å²) in [5.41, 5.74) is 0.132. The summed E-state index contributed by atoms with van der Waals surface area (Å²) in [6.45, 7) is 2.68. The SMILES string of the molecule is CCCC(=O)N1CCN(C(=O)[C@H](NC(=O)c2ccc(OC)cc2)S(=O)(=O)c2ccc(F)cc2)CC1. The molecular weight excluding hydrogens is 477 g/mol. The molecule has 11 heteroatoms. The van der Waals surface area contributed by atoms with Crippen LogP contribution in [0.3, 0.4) is 0 Å². The lowest BCUT2D eigenvalue weighted by atomic mass is 10.2. The standard InChI is InChI=1S/C24H28FN3O6S/c1-3-4-21(29)27-13-15-28(16-14-27)24(31)23(35(32,33)20-11-7-18(25)8-12-20)26-22(30)17-5-9-19(34-2)10-6-17/h5-12,23H,3-4,13-16H2,1-2H3,(H,26,30)/t23-/m1/s1. The van der Waals surface area contributed by atoms with Crippen molar-refractivity contribution in [3.05, 3.63) is 59.9 Å². The van der Waals surface area contributed by atoms with Crippen LogP contribution >= 0.6 is 0 Å². The number of nitrogens with zero attached hydrogens (tertiary/aromatic N) is 2. The number of methoxy groups -OCH3 is 1. The third-order valence-corrected chi connectivity index (χ3v) is 7.57. The second-order valence-corrected chi connectivity index (χ2v) is 10.1. The molecule has 0 aromatic heterocycles. The average Bonchev–Trinajstić information content (AvgIpc) is 2.87. The Kier molecular flexibility index (Phi) is 8.44. The van der Waals surface area contributed by atoms with Crippen molar-refractivity contribution in [2.24, 2.45) is 0 Å². The molecule has 1 fully saturated rings. The van der Waals surface area contributed by atoms with E-state index in [0.717, 1.165) is 24.3 Å². The van der Waals surface area contributed by atoms with Crippen molar-refractivity contribution >= 4 is 27.6 Å². The van der Waals surface area contributed by atoms with E-state index >= 15 is 0 Å². The van der Waals surface area contributed by atoms with Gasteiger partial charge in [0.1, 0.15) is 11.6 Å². The molecular formula is C24H28FN3O6S. The fourth-order valence-corrected chi connectivity index (χ4v) is 5.16. The van der Waals surface area contributed by atoms with Crippen molar-refractivity contribution in [3.63, 3.8) is 0 Å². The van der Waals surface area contributed by atoms with E-state index < -0.39 is 32.8 Å². The second kappa shape index (κ2) is 11.3. The van der Waals surface area contributed by atoms with E-state index in [1.165, 1.54) is 36.3 Å². The van der Waals surface area contributed by atoms with Gasteiger partial charge in [0, 0.05) is 38.2 Å². The Hall–Kier alpha value is -3.47. The Bertz CT molecular complexity index is 1160. The number of ether oxygens (including phenoxy) is 1. The van der Waals surface area contributed by atoms with Gasteiger partial charge in [-0.15, -0.1) is 0 Å². The predicted octanol–water partition coefficient (Wildman–Crippen LogP) is 1.84. The first kappa shape index (κ1) is 26.1. The fraction of sp³-hybridized carbons (Fsp3) is 0.375. The van der Waals surface area contributed by atoms with Crippen LogP contribution in [0.5, 0.6) is 5.75 Å². The minimum absolute atomic E-state index is 0.0251. The van der Waals surface area contributed by atoms with Gasteiger partial charge in [0.05, 0.1) is 12.0 Å². The van der Waals surface area contributed by atoms with E-state index in [-0.39, 0.29) is 42.5 Å². The highest BCUT2D eigenvalue weighted by Crippen LogP contribution is 2.19. The second-order valence-electron chi connectivity index (χ2n) is 8.04. The maximum atomic E-state index is 13.4. The molecule has 3 rings (SSSR count). The fourth-order valence-electron chi connectivity index (χ4n) is 3.69. The number of carbonyl (C=O) groups excluding carboxylic acids is 3. The van der Waals surface area contributed by atoms with E-state index in [4.69, 9.17) is 4.74 Å². The zero-order valence-electron chi connectivity index (χ0n) is 19.6. The van der Waals surface area contributed by atoms with Gasteiger partial charge in [-0.2, -0.15) is 0 Å². The number of piperazine rings is 1. The summed E-state index contributed by atoms with van der Waals surface area (Å²) in [5.74, 6) is -1.75. The van der Waals surface area contributed by atoms with Gasteiger partial charge >= 0.3 is 0 Å². The first-order valence-electron chi connectivity index (χ1n) is 11.2. The van der Waals surface area contributed by atoms with E-state index in [0.29, 0.717) is 18.6 Å². The van der Waals surface area contributed by atoms with E-state index in [1.807, 2.05) is 6.92 Å². The van der Waals surface area contributed by atoms with Crippen LogP contribution in [0.15, 0.2) is 53.4 Å². The summed E-state index contributed by atoms with van der Waals surface area (Å²) < 4.78 is 45.2. The molecule has 1 saturated heterocycles. The minimum atomic E-state index is -4.42. The first-order valence-corrected chi connectivity index (χ1v) is 12.7. The van der Waals surface area contributed by atoms with Gasteiger partial charge in [0.2, 0.25) is 21.1 Å². The molecule has 1 atom stereocenters. The monoisotopic (exact) mass is 505 g/mol. The molecule has 0 aliphatic carbocycles. The summed E-state index contributed by atoms with van der Waals surface area (Å²) in [6, 6.07) is 9.99. The zero-order chi connectivity index (χ0) is 25.6. The van der Waals surface area contributed by atoms with E-state index in [9.17, 15) is 27.2 Å². The van der Waals surface area contributed by atoms with Crippen LogP contribution in [-0.2, 0) is 19.4 Å². The Morgan fingerprint density at radius 3 is 2.09 bits per heavy atom. The Morgan fingerprint density at radius 2 is 1.54 bits per heavy atom. The molecule has 0 radical (unpaired) electrons. The van der Waals surface area contributed by atoms with Crippen molar-refractivity contribution in [1.82, 2.24) is 15.1 Å². The molecule has 9 nitrogen and oxygen atoms in total. The quantitative estimate of drug-likeness (QED) is 0.548. The number of amides is 3. The minimum Gasteiger partial charge on any atom is -0.497 e. The lowest BCUT2D eigenvalue weighted by Gasteiger charge is -2.36. The van der Waals surface area contributed by atoms with Crippen LogP contribution in [0.2, 0.25) is 0 Å². The maximum Gasteiger partial charge on any atom is 0.261 e. The third kappa shape index (κ3) is 6.16. The molecule has 1 aliphatic heterocycles. The Morgan fingerprint density at radius 1 is 0.971 bits per heavy atom. The van der Waals surface area contributed by atoms with Crippen molar-refractivity contribution in [3.8, 4) is 5.75 Å². The van der Waals surface area contributed by atoms with Crippen LogP contribution in [0.25, 0.3) is 0 Å². The van der Waals surface area contributed by atoms with Gasteiger partial charge in [-0.25, -0.2) is 12.8 Å². The number of rotatable bonds is 8. The number of halogens is 1. The van der Waals surface area contributed by atoms with Gasteiger partial charge in [0.25, 0.3) is 11.8 Å². The number of hydrogen-bond acceptors (Lipinski definition) is 6. The summed E-state index contributed by atoms with van der Waals surface area (Å²) in [7, 11) is -2.95. The molecule has 0 spiro atoms. The average molecular weight is 506 g/mol. The van der Waals surface area contributed by atoms with Crippen LogP contribution in [0.4, 0.5) is 4.39 Å². The molecule has 1 N–H and O–H groups in total. The van der Waals surface area contributed by atoms with Crippen molar-refractivity contribution < 1.29 is 31.9 Å². The molecule has 0 bridgehead atoms. The molecule has 1 aliphatic rings. The molecule has 0 saturated carbocycles. The molecule has 2 aromatic rings. The molecule has 188 valence electrons. The molecule has 2 aromatic carbocycles. The van der Waals surface area contributed by atoms with Gasteiger partial charge in [-0.1, -0.05) is 6.92 Å². The van der Waals surface area contributed by atoms with Crippen LogP contribution in [-0.4, -0.2) is 74.6 Å². The van der Waals surface area contributed by atoms with Crippen LogP contribution < -0.4 is 10.1 Å². The number of sulfone groups is 1. The maximum absolute atomic E-state index is 13.4. The van der Waals surface area contributed by atoms with Crippen LogP contribution in [0, 0.1) is 5.82 Å². The largest absolute Gasteiger partial charge is 0.497 e. The van der Waals surface area contributed by atoms with Crippen molar-refractivity contribution in [1.29, 1.82) is 0 Å². The topological polar surface area (TPSA) is 113 Å². The summed E-state index contributed by atoms with van der Waals surface area (Å²) >= 11 is 0. The molecule has 0 unspecified atom stereocenters. The van der Waals surface area contributed by atoms with Gasteiger partial charge < -0.3 is 19.9 Å². The van der Waals surface area contributed by atoms with Gasteiger partial charge in [-0.3, -0.25) is 14.4 Å². The normalized spacial score (nSPS) is 14.8. The lowest BCUT2D eigenvalue weighted by molar-refractivity contribution is -0.139. The van der Waals surface area contributed by atoms with Gasteiger partial charge in [0.15, 0.2) is 0 Å². The van der Waals surface area contributed by atoms with E-state index in [1.54, 1.807) is 4.90 Å². The van der Waals surface area contributed by atoms with Crippen molar-refractivity contribution in [2.45, 2.75) is 30.0 Å². The van der Waals surface area contributed by atoms with Crippen molar-refractivity contribution in [2.75, 3.05) is 33.3 Å². The Balaban J connectivity index is 1.86. The highest BCUT2D eigenvalue weighted by atomic mass is 32.2. The highest BCUT2D eigenvalue weighted by molar-refractivity contribution is 7.92. The number of carbonyl (C=O) groups is 3. The van der Waals surface area contributed by atoms with Crippen LogP contribution in [0.1, 0.15) is 30.1 Å². The Labute approximate surface area is 203 Å². The van der Waals surface area contributed by atoms with Gasteiger partial charge in [-0.05, 0) is 55.0 Å². The smallest absolute Gasteiger partial charge is 0.261 e. The summed E-state index contributed by atoms with van der Waals surface area (Å²) in [5, 5.41) is 0.412. The highest BCUT2D eigenvalue weighted by Gasteiger charge is 2.39. The number of nitrogens with one attached hydrogen (secondary N) is 1. The predicted molar refractivity (Wildman–Crippen MR) is 126 cm³/mol. The van der Waals surface area contributed by atoms with E-state index in [2.05, 4.69) is 5.32 Å². The lowest BCUT2D eigenvalue weighted by Crippen LogP contribution is -2.57. The third-order valence-electron chi connectivity index (χ3n) is 5.70.